The smallest absolute Gasteiger partial charge is 0.171 e. The lowest BCUT2D eigenvalue weighted by atomic mass is 9.85. The van der Waals surface area contributed by atoms with Gasteiger partial charge < -0.3 is 0 Å². The van der Waals surface area contributed by atoms with E-state index in [2.05, 4.69) is 0 Å². The van der Waals surface area contributed by atoms with Gasteiger partial charge in [0.05, 0.1) is 5.41 Å². The Kier molecular flexibility index (Phi) is 3.26. The molecule has 0 aliphatic carbocycles. The van der Waals surface area contributed by atoms with E-state index in [1.165, 1.54) is 19.4 Å². The normalized spacial score (nSPS) is 13.5. The van der Waals surface area contributed by atoms with Crippen molar-refractivity contribution in [2.75, 3.05) is 0 Å². The number of aryl methyl sites for hydroxylation is 2. The Morgan fingerprint density at radius 1 is 1.11 bits per heavy atom. The van der Waals surface area contributed by atoms with Crippen molar-refractivity contribution >= 4 is 32.1 Å². The SMILES string of the molecule is Cc1sc2c(C)csc2c1CC(C)(C)C(F)(F)F. The maximum Gasteiger partial charge on any atom is 0.394 e. The van der Waals surface area contributed by atoms with Crippen LogP contribution < -0.4 is 0 Å². The summed E-state index contributed by atoms with van der Waals surface area (Å²) in [6, 6.07) is 0. The van der Waals surface area contributed by atoms with Crippen LogP contribution in [0.4, 0.5) is 13.2 Å². The van der Waals surface area contributed by atoms with Gasteiger partial charge in [0.25, 0.3) is 0 Å². The predicted molar refractivity (Wildman–Crippen MR) is 72.7 cm³/mol. The molecule has 100 valence electrons. The fourth-order valence-corrected chi connectivity index (χ4v) is 4.39. The summed E-state index contributed by atoms with van der Waals surface area (Å²) in [7, 11) is 0. The van der Waals surface area contributed by atoms with Gasteiger partial charge in [0.15, 0.2) is 0 Å². The molecule has 0 spiro atoms. The Bertz CT molecular complexity index is 573. The minimum Gasteiger partial charge on any atom is -0.171 e. The molecule has 5 heteroatoms. The molecule has 0 aromatic carbocycles. The predicted octanol–water partition coefficient (Wildman–Crippen LogP) is 5.71. The van der Waals surface area contributed by atoms with Gasteiger partial charge in [-0.25, -0.2) is 0 Å². The van der Waals surface area contributed by atoms with Gasteiger partial charge in [-0.2, -0.15) is 13.2 Å². The van der Waals surface area contributed by atoms with E-state index in [1.54, 1.807) is 22.7 Å². The molecule has 0 saturated heterocycles. The third-order valence-corrected chi connectivity index (χ3v) is 5.83. The molecule has 0 radical (unpaired) electrons. The van der Waals surface area contributed by atoms with Crippen LogP contribution in [0, 0.1) is 19.3 Å². The first-order valence-corrected chi connectivity index (χ1v) is 7.36. The molecule has 2 aromatic rings. The molecular weight excluding hydrogens is 277 g/mol. The molecule has 2 rings (SSSR count). The highest BCUT2D eigenvalue weighted by Crippen LogP contribution is 2.45. The van der Waals surface area contributed by atoms with Crippen molar-refractivity contribution in [3.05, 3.63) is 21.4 Å². The zero-order chi connectivity index (χ0) is 13.7. The molecule has 0 fully saturated rings. The minimum atomic E-state index is -4.17. The van der Waals surface area contributed by atoms with Crippen LogP contribution in [0.1, 0.15) is 29.9 Å². The second-order valence-electron chi connectivity index (χ2n) is 5.27. The third kappa shape index (κ3) is 2.18. The summed E-state index contributed by atoms with van der Waals surface area (Å²) >= 11 is 3.16. The number of hydrogen-bond acceptors (Lipinski definition) is 2. The largest absolute Gasteiger partial charge is 0.394 e. The molecule has 0 unspecified atom stereocenters. The first-order chi connectivity index (χ1) is 8.13. The van der Waals surface area contributed by atoms with Gasteiger partial charge >= 0.3 is 6.18 Å². The van der Waals surface area contributed by atoms with Crippen molar-refractivity contribution in [2.45, 2.75) is 40.3 Å². The quantitative estimate of drug-likeness (QED) is 0.665. The van der Waals surface area contributed by atoms with Crippen LogP contribution in [-0.2, 0) is 6.42 Å². The molecule has 2 heterocycles. The highest BCUT2D eigenvalue weighted by molar-refractivity contribution is 7.27. The average Bonchev–Trinajstić information content (AvgIpc) is 2.69. The van der Waals surface area contributed by atoms with Crippen LogP contribution in [0.15, 0.2) is 5.38 Å². The molecule has 2 aromatic heterocycles. The Morgan fingerprint density at radius 3 is 2.28 bits per heavy atom. The van der Waals surface area contributed by atoms with Crippen molar-refractivity contribution in [1.29, 1.82) is 0 Å². The summed E-state index contributed by atoms with van der Waals surface area (Å²) in [5, 5.41) is 2.02. The number of alkyl halides is 3. The molecule has 18 heavy (non-hydrogen) atoms. The molecular formula is C13H15F3S2. The van der Waals surface area contributed by atoms with E-state index in [9.17, 15) is 13.2 Å². The standard InChI is InChI=1S/C13H15F3S2/c1-7-6-17-11-9(8(2)18-10(7)11)5-12(3,4)13(14,15)16/h6H,5H2,1-4H3. The van der Waals surface area contributed by atoms with Gasteiger partial charge in [0, 0.05) is 14.3 Å². The Balaban J connectivity index is 2.46. The van der Waals surface area contributed by atoms with Crippen LogP contribution in [0.25, 0.3) is 9.40 Å². The fourth-order valence-electron chi connectivity index (χ4n) is 1.89. The van der Waals surface area contributed by atoms with Gasteiger partial charge in [-0.05, 0) is 36.8 Å². The van der Waals surface area contributed by atoms with Crippen molar-refractivity contribution < 1.29 is 13.2 Å². The van der Waals surface area contributed by atoms with Crippen molar-refractivity contribution in [3.8, 4) is 0 Å². The first kappa shape index (κ1) is 13.9. The number of rotatable bonds is 2. The van der Waals surface area contributed by atoms with Crippen molar-refractivity contribution in [1.82, 2.24) is 0 Å². The van der Waals surface area contributed by atoms with Gasteiger partial charge in [-0.1, -0.05) is 13.8 Å². The second-order valence-corrected chi connectivity index (χ2v) is 7.38. The lowest BCUT2D eigenvalue weighted by Gasteiger charge is -2.27. The second kappa shape index (κ2) is 4.23. The summed E-state index contributed by atoms with van der Waals surface area (Å²) in [6.45, 7) is 6.47. The van der Waals surface area contributed by atoms with E-state index < -0.39 is 11.6 Å². The van der Waals surface area contributed by atoms with Crippen LogP contribution in [-0.4, -0.2) is 6.18 Å². The van der Waals surface area contributed by atoms with E-state index in [4.69, 9.17) is 0 Å². The monoisotopic (exact) mass is 292 g/mol. The zero-order valence-electron chi connectivity index (χ0n) is 10.7. The Hall–Kier alpha value is -0.550. The molecule has 0 aliphatic rings. The van der Waals surface area contributed by atoms with E-state index >= 15 is 0 Å². The van der Waals surface area contributed by atoms with Gasteiger partial charge in [0.1, 0.15) is 0 Å². The van der Waals surface area contributed by atoms with E-state index in [0.29, 0.717) is 0 Å². The summed E-state index contributed by atoms with van der Waals surface area (Å²) in [5.41, 5.74) is 0.360. The summed E-state index contributed by atoms with van der Waals surface area (Å²) in [4.78, 5) is 1.01. The number of hydrogen-bond donors (Lipinski definition) is 0. The zero-order valence-corrected chi connectivity index (χ0v) is 12.4. The van der Waals surface area contributed by atoms with Crippen LogP contribution >= 0.6 is 22.7 Å². The summed E-state index contributed by atoms with van der Waals surface area (Å²) in [6.07, 6.45) is -4.11. The molecule has 0 bridgehead atoms. The maximum atomic E-state index is 13.0. The van der Waals surface area contributed by atoms with Gasteiger partial charge in [-0.3, -0.25) is 0 Å². The summed E-state index contributed by atoms with van der Waals surface area (Å²) in [5.74, 6) is 0. The van der Waals surface area contributed by atoms with Crippen molar-refractivity contribution in [3.63, 3.8) is 0 Å². The molecule has 0 amide bonds. The lowest BCUT2D eigenvalue weighted by molar-refractivity contribution is -0.210. The number of fused-ring (bicyclic) bond motifs is 1. The number of thiophene rings is 2. The first-order valence-electron chi connectivity index (χ1n) is 5.66. The fraction of sp³-hybridized carbons (Fsp3) is 0.538. The van der Waals surface area contributed by atoms with E-state index in [1.807, 2.05) is 19.2 Å². The van der Waals surface area contributed by atoms with Gasteiger partial charge in [-0.15, -0.1) is 22.7 Å². The third-order valence-electron chi connectivity index (χ3n) is 3.26. The lowest BCUT2D eigenvalue weighted by Crippen LogP contribution is -2.34. The molecule has 0 atom stereocenters. The van der Waals surface area contributed by atoms with Crippen LogP contribution in [0.3, 0.4) is 0 Å². The van der Waals surface area contributed by atoms with Crippen LogP contribution in [0.5, 0.6) is 0 Å². The molecule has 0 nitrogen and oxygen atoms in total. The summed E-state index contributed by atoms with van der Waals surface area (Å²) < 4.78 is 41.1. The number of halogens is 3. The molecule has 0 aliphatic heterocycles. The topological polar surface area (TPSA) is 0 Å². The van der Waals surface area contributed by atoms with E-state index in [0.717, 1.165) is 19.8 Å². The van der Waals surface area contributed by atoms with Crippen LogP contribution in [0.2, 0.25) is 0 Å². The molecule has 0 N–H and O–H groups in total. The highest BCUT2D eigenvalue weighted by Gasteiger charge is 2.47. The minimum absolute atomic E-state index is 0.0578. The van der Waals surface area contributed by atoms with E-state index in [-0.39, 0.29) is 6.42 Å². The average molecular weight is 292 g/mol. The van der Waals surface area contributed by atoms with Gasteiger partial charge in [0.2, 0.25) is 0 Å². The Labute approximate surface area is 112 Å². The van der Waals surface area contributed by atoms with Crippen molar-refractivity contribution in [2.24, 2.45) is 5.41 Å². The maximum absolute atomic E-state index is 13.0. The highest BCUT2D eigenvalue weighted by atomic mass is 32.1. The molecule has 0 saturated carbocycles. The Morgan fingerprint density at radius 2 is 1.72 bits per heavy atom.